The van der Waals surface area contributed by atoms with E-state index in [1.807, 2.05) is 19.1 Å². The first-order valence-electron chi connectivity index (χ1n) is 5.03. The van der Waals surface area contributed by atoms with Crippen LogP contribution >= 0.6 is 0 Å². The lowest BCUT2D eigenvalue weighted by Crippen LogP contribution is -2.40. The first-order chi connectivity index (χ1) is 7.24. The van der Waals surface area contributed by atoms with Crippen LogP contribution in [0.5, 0.6) is 0 Å². The van der Waals surface area contributed by atoms with Crippen LogP contribution in [0.3, 0.4) is 0 Å². The second kappa shape index (κ2) is 4.24. The van der Waals surface area contributed by atoms with Gasteiger partial charge in [0.1, 0.15) is 17.6 Å². The molecule has 0 saturated carbocycles. The zero-order chi connectivity index (χ0) is 10.8. The molecule has 4 nitrogen and oxygen atoms in total. The molecule has 4 heteroatoms. The molecule has 1 aliphatic carbocycles. The van der Waals surface area contributed by atoms with Gasteiger partial charge in [-0.3, -0.25) is 0 Å². The lowest BCUT2D eigenvalue weighted by molar-refractivity contribution is -0.217. The molecule has 0 aromatic heterocycles. The van der Waals surface area contributed by atoms with Crippen LogP contribution in [-0.4, -0.2) is 33.2 Å². The van der Waals surface area contributed by atoms with E-state index in [9.17, 15) is 0 Å². The molecule has 1 fully saturated rings. The number of methoxy groups -OCH3 is 2. The number of ether oxygens (including phenoxy) is 4. The summed E-state index contributed by atoms with van der Waals surface area (Å²) >= 11 is 0. The fourth-order valence-corrected chi connectivity index (χ4v) is 1.88. The van der Waals surface area contributed by atoms with Crippen LogP contribution in [0, 0.1) is 5.92 Å². The molecular weight excluding hydrogens is 196 g/mol. The van der Waals surface area contributed by atoms with Gasteiger partial charge in [0.05, 0.1) is 20.8 Å². The Morgan fingerprint density at radius 2 is 2.13 bits per heavy atom. The first kappa shape index (κ1) is 10.5. The van der Waals surface area contributed by atoms with Gasteiger partial charge in [-0.05, 0) is 13.0 Å². The lowest BCUT2D eigenvalue weighted by Gasteiger charge is -2.36. The van der Waals surface area contributed by atoms with Gasteiger partial charge in [-0.15, -0.1) is 0 Å². The Morgan fingerprint density at radius 1 is 1.33 bits per heavy atom. The summed E-state index contributed by atoms with van der Waals surface area (Å²) in [5.74, 6) is 1.78. The molecule has 0 aromatic carbocycles. The minimum absolute atomic E-state index is 0.0438. The average molecular weight is 212 g/mol. The van der Waals surface area contributed by atoms with Crippen LogP contribution < -0.4 is 0 Å². The molecule has 1 aliphatic heterocycles. The van der Waals surface area contributed by atoms with E-state index in [2.05, 4.69) is 0 Å². The Labute approximate surface area is 89.5 Å². The van der Waals surface area contributed by atoms with Crippen LogP contribution in [0.4, 0.5) is 0 Å². The zero-order valence-electron chi connectivity index (χ0n) is 9.23. The van der Waals surface area contributed by atoms with Crippen LogP contribution in [0.2, 0.25) is 0 Å². The van der Waals surface area contributed by atoms with Gasteiger partial charge in [-0.1, -0.05) is 0 Å². The minimum atomic E-state index is -0.178. The predicted octanol–water partition coefficient (Wildman–Crippen LogP) is 1.44. The summed E-state index contributed by atoms with van der Waals surface area (Å²) in [5.41, 5.74) is 0. The predicted molar refractivity (Wildman–Crippen MR) is 54.0 cm³/mol. The SMILES string of the molecule is COC1=CC2COC(C)OC2C(OC)=C1. The van der Waals surface area contributed by atoms with Gasteiger partial charge in [0.2, 0.25) is 0 Å². The van der Waals surface area contributed by atoms with E-state index >= 15 is 0 Å². The summed E-state index contributed by atoms with van der Waals surface area (Å²) in [6.07, 6.45) is 3.65. The largest absolute Gasteiger partial charge is 0.498 e. The molecule has 84 valence electrons. The molecule has 0 bridgehead atoms. The minimum Gasteiger partial charge on any atom is -0.498 e. The summed E-state index contributed by atoms with van der Waals surface area (Å²) in [6, 6.07) is 0. The Kier molecular flexibility index (Phi) is 2.98. The number of fused-ring (bicyclic) bond motifs is 1. The molecule has 2 aliphatic rings. The smallest absolute Gasteiger partial charge is 0.155 e. The van der Waals surface area contributed by atoms with Crippen molar-refractivity contribution in [3.63, 3.8) is 0 Å². The summed E-state index contributed by atoms with van der Waals surface area (Å²) in [6.45, 7) is 2.53. The highest BCUT2D eigenvalue weighted by atomic mass is 16.7. The monoisotopic (exact) mass is 212 g/mol. The van der Waals surface area contributed by atoms with Crippen LogP contribution in [-0.2, 0) is 18.9 Å². The number of allylic oxidation sites excluding steroid dienone is 1. The Hall–Kier alpha value is -1.00. The fraction of sp³-hybridized carbons (Fsp3) is 0.636. The summed E-state index contributed by atoms with van der Waals surface area (Å²) in [7, 11) is 3.29. The molecule has 1 saturated heterocycles. The van der Waals surface area contributed by atoms with Gasteiger partial charge in [-0.25, -0.2) is 0 Å². The number of hydrogen-bond donors (Lipinski definition) is 0. The zero-order valence-corrected chi connectivity index (χ0v) is 9.23. The molecule has 2 rings (SSSR count). The van der Waals surface area contributed by atoms with Crippen LogP contribution in [0.15, 0.2) is 23.7 Å². The third-order valence-electron chi connectivity index (χ3n) is 2.67. The normalized spacial score (nSPS) is 35.0. The number of rotatable bonds is 2. The molecule has 3 unspecified atom stereocenters. The highest BCUT2D eigenvalue weighted by molar-refractivity contribution is 5.26. The van der Waals surface area contributed by atoms with E-state index in [0.717, 1.165) is 11.5 Å². The maximum atomic E-state index is 5.67. The van der Waals surface area contributed by atoms with E-state index in [4.69, 9.17) is 18.9 Å². The van der Waals surface area contributed by atoms with E-state index in [0.29, 0.717) is 6.61 Å². The van der Waals surface area contributed by atoms with Gasteiger partial charge >= 0.3 is 0 Å². The second-order valence-electron chi connectivity index (χ2n) is 3.65. The molecular formula is C11H16O4. The standard InChI is InChI=1S/C11H16O4/c1-7-14-6-8-4-9(12-2)5-10(13-3)11(8)15-7/h4-5,7-8,11H,6H2,1-3H3. The van der Waals surface area contributed by atoms with Gasteiger partial charge < -0.3 is 18.9 Å². The van der Waals surface area contributed by atoms with E-state index < -0.39 is 0 Å². The van der Waals surface area contributed by atoms with Gasteiger partial charge in [-0.2, -0.15) is 0 Å². The van der Waals surface area contributed by atoms with Crippen LogP contribution in [0.1, 0.15) is 6.92 Å². The van der Waals surface area contributed by atoms with Crippen molar-refractivity contribution in [1.82, 2.24) is 0 Å². The van der Waals surface area contributed by atoms with Gasteiger partial charge in [0, 0.05) is 12.0 Å². The molecule has 0 N–H and O–H groups in total. The summed E-state index contributed by atoms with van der Waals surface area (Å²) in [4.78, 5) is 0. The average Bonchev–Trinajstić information content (AvgIpc) is 2.27. The van der Waals surface area contributed by atoms with Crippen molar-refractivity contribution in [2.24, 2.45) is 5.92 Å². The summed E-state index contributed by atoms with van der Waals surface area (Å²) in [5, 5.41) is 0. The molecule has 3 atom stereocenters. The summed E-state index contributed by atoms with van der Waals surface area (Å²) < 4.78 is 21.6. The number of hydrogen-bond acceptors (Lipinski definition) is 4. The maximum Gasteiger partial charge on any atom is 0.155 e. The molecule has 15 heavy (non-hydrogen) atoms. The van der Waals surface area contributed by atoms with Crippen molar-refractivity contribution in [2.45, 2.75) is 19.3 Å². The van der Waals surface area contributed by atoms with Crippen molar-refractivity contribution >= 4 is 0 Å². The molecule has 0 amide bonds. The first-order valence-corrected chi connectivity index (χ1v) is 5.03. The molecule has 1 heterocycles. The van der Waals surface area contributed by atoms with Crippen molar-refractivity contribution in [3.8, 4) is 0 Å². The van der Waals surface area contributed by atoms with Crippen molar-refractivity contribution in [3.05, 3.63) is 23.7 Å². The van der Waals surface area contributed by atoms with E-state index in [1.54, 1.807) is 14.2 Å². The third-order valence-corrected chi connectivity index (χ3v) is 2.67. The van der Waals surface area contributed by atoms with Crippen molar-refractivity contribution in [1.29, 1.82) is 0 Å². The topological polar surface area (TPSA) is 36.9 Å². The lowest BCUT2D eigenvalue weighted by atomic mass is 9.95. The second-order valence-corrected chi connectivity index (χ2v) is 3.65. The maximum absolute atomic E-state index is 5.67. The Balaban J connectivity index is 2.20. The third kappa shape index (κ3) is 2.01. The van der Waals surface area contributed by atoms with Crippen molar-refractivity contribution in [2.75, 3.05) is 20.8 Å². The Morgan fingerprint density at radius 3 is 2.80 bits per heavy atom. The quantitative estimate of drug-likeness (QED) is 0.694. The molecule has 0 radical (unpaired) electrons. The fourth-order valence-electron chi connectivity index (χ4n) is 1.88. The van der Waals surface area contributed by atoms with E-state index in [1.165, 1.54) is 0 Å². The highest BCUT2D eigenvalue weighted by Crippen LogP contribution is 2.31. The molecule has 0 spiro atoms. The highest BCUT2D eigenvalue weighted by Gasteiger charge is 2.35. The van der Waals surface area contributed by atoms with Gasteiger partial charge in [0.25, 0.3) is 0 Å². The van der Waals surface area contributed by atoms with Crippen LogP contribution in [0.25, 0.3) is 0 Å². The Bertz CT molecular complexity index is 295. The molecule has 0 aromatic rings. The van der Waals surface area contributed by atoms with Gasteiger partial charge in [0.15, 0.2) is 6.29 Å². The van der Waals surface area contributed by atoms with Crippen molar-refractivity contribution < 1.29 is 18.9 Å². The van der Waals surface area contributed by atoms with E-state index in [-0.39, 0.29) is 18.3 Å².